The Morgan fingerprint density at radius 2 is 1.65 bits per heavy atom. The van der Waals surface area contributed by atoms with Gasteiger partial charge in [-0.15, -0.1) is 0 Å². The van der Waals surface area contributed by atoms with Crippen LogP contribution in [0.3, 0.4) is 0 Å². The largest absolute Gasteiger partial charge is 0.456 e. The molecule has 0 saturated heterocycles. The second-order valence-electron chi connectivity index (χ2n) is 6.10. The minimum absolute atomic E-state index is 0.0896. The van der Waals surface area contributed by atoms with Crippen molar-refractivity contribution in [3.8, 4) is 11.5 Å². The number of nitrogens with two attached hydrogens (primary N) is 2. The number of hydrogen-bond donors (Lipinski definition) is 2. The maximum Gasteiger partial charge on any atom is 0.280 e. The lowest BCUT2D eigenvalue weighted by Gasteiger charge is -2.15. The van der Waals surface area contributed by atoms with Crippen LogP contribution >= 0.6 is 0 Å². The highest BCUT2D eigenvalue weighted by molar-refractivity contribution is 7.90. The van der Waals surface area contributed by atoms with Gasteiger partial charge in [0.15, 0.2) is 15.8 Å². The molecular formula is C18H21N3O4S. The van der Waals surface area contributed by atoms with Crippen LogP contribution in [-0.2, 0) is 9.84 Å². The molecule has 0 aliphatic carbocycles. The molecule has 7 nitrogen and oxygen atoms in total. The van der Waals surface area contributed by atoms with Crippen LogP contribution in [0.15, 0.2) is 40.2 Å². The fourth-order valence-electron chi connectivity index (χ4n) is 2.47. The zero-order chi connectivity index (χ0) is 19.6. The van der Waals surface area contributed by atoms with E-state index in [0.29, 0.717) is 11.3 Å². The fourth-order valence-corrected chi connectivity index (χ4v) is 3.27. The average Bonchev–Trinajstić information content (AvgIpc) is 2.48. The molecule has 0 spiro atoms. The maximum absolute atomic E-state index is 12.2. The summed E-state index contributed by atoms with van der Waals surface area (Å²) >= 11 is 0. The molecule has 0 bridgehead atoms. The third-order valence-electron chi connectivity index (χ3n) is 3.70. The molecule has 0 fully saturated rings. The molecule has 0 aromatic heterocycles. The van der Waals surface area contributed by atoms with Gasteiger partial charge in [-0.1, -0.05) is 17.7 Å². The molecule has 1 amide bonds. The number of benzene rings is 2. The van der Waals surface area contributed by atoms with E-state index in [4.69, 9.17) is 16.2 Å². The van der Waals surface area contributed by atoms with Crippen LogP contribution in [0.25, 0.3) is 0 Å². The molecule has 2 aromatic carbocycles. The van der Waals surface area contributed by atoms with Crippen LogP contribution in [0.1, 0.15) is 27.0 Å². The number of amides is 1. The summed E-state index contributed by atoms with van der Waals surface area (Å²) in [5.74, 6) is -0.446. The minimum atomic E-state index is -3.66. The zero-order valence-electron chi connectivity index (χ0n) is 15.0. The van der Waals surface area contributed by atoms with E-state index < -0.39 is 21.7 Å². The van der Waals surface area contributed by atoms with Crippen molar-refractivity contribution in [2.45, 2.75) is 25.7 Å². The lowest BCUT2D eigenvalue weighted by molar-refractivity contribution is 0.100. The monoisotopic (exact) mass is 375 g/mol. The number of aryl methyl sites for hydroxylation is 3. The highest BCUT2D eigenvalue weighted by Gasteiger charge is 2.21. The first-order valence-electron chi connectivity index (χ1n) is 7.73. The Kier molecular flexibility index (Phi) is 5.36. The molecule has 0 atom stereocenters. The van der Waals surface area contributed by atoms with Gasteiger partial charge < -0.3 is 16.2 Å². The number of carbonyl (C=O) groups excluding carboxylic acids is 1. The topological polar surface area (TPSA) is 125 Å². The van der Waals surface area contributed by atoms with Gasteiger partial charge in [0, 0.05) is 11.8 Å². The van der Waals surface area contributed by atoms with Gasteiger partial charge in [0.2, 0.25) is 0 Å². The number of rotatable bonds is 4. The van der Waals surface area contributed by atoms with Crippen LogP contribution in [0.4, 0.5) is 0 Å². The predicted octanol–water partition coefficient (Wildman–Crippen LogP) is 2.22. The van der Waals surface area contributed by atoms with E-state index in [0.717, 1.165) is 17.4 Å². The molecular weight excluding hydrogens is 354 g/mol. The SMILES string of the molecule is Cc1ccc(Oc2cc(C)c(C(=O)N=C(N)N)cc2S(C)(=O)=O)c(C)c1. The molecule has 26 heavy (non-hydrogen) atoms. The third-order valence-corrected chi connectivity index (χ3v) is 4.82. The Balaban J connectivity index is 2.61. The van der Waals surface area contributed by atoms with E-state index in [-0.39, 0.29) is 16.2 Å². The molecule has 0 aliphatic rings. The fraction of sp³-hybridized carbons (Fsp3) is 0.222. The standard InChI is InChI=1S/C18H21N3O4S/c1-10-5-6-14(12(3)7-10)25-15-8-11(2)13(17(22)21-18(19)20)9-16(15)26(4,23)24/h5-9H,1-4H3,(H4,19,20,21,22). The Bertz CT molecular complexity index is 1010. The Labute approximate surface area is 152 Å². The summed E-state index contributed by atoms with van der Waals surface area (Å²) in [6.07, 6.45) is 1.04. The van der Waals surface area contributed by atoms with Crippen molar-refractivity contribution in [2.75, 3.05) is 6.26 Å². The van der Waals surface area contributed by atoms with Gasteiger partial charge in [-0.05, 0) is 50.1 Å². The number of nitrogens with zero attached hydrogens (tertiary/aromatic N) is 1. The summed E-state index contributed by atoms with van der Waals surface area (Å²) in [5.41, 5.74) is 13.0. The molecule has 138 valence electrons. The van der Waals surface area contributed by atoms with Crippen LogP contribution < -0.4 is 16.2 Å². The van der Waals surface area contributed by atoms with Crippen molar-refractivity contribution in [1.29, 1.82) is 0 Å². The molecule has 8 heteroatoms. The highest BCUT2D eigenvalue weighted by atomic mass is 32.2. The number of hydrogen-bond acceptors (Lipinski definition) is 4. The van der Waals surface area contributed by atoms with E-state index in [9.17, 15) is 13.2 Å². The number of aliphatic imine (C=N–C) groups is 1. The maximum atomic E-state index is 12.2. The van der Waals surface area contributed by atoms with Crippen molar-refractivity contribution < 1.29 is 17.9 Å². The Hall–Kier alpha value is -2.87. The molecule has 0 heterocycles. The smallest absolute Gasteiger partial charge is 0.280 e. The summed E-state index contributed by atoms with van der Waals surface area (Å²) in [6, 6.07) is 8.29. The van der Waals surface area contributed by atoms with Crippen molar-refractivity contribution in [2.24, 2.45) is 16.5 Å². The molecule has 0 unspecified atom stereocenters. The second kappa shape index (κ2) is 7.17. The third kappa shape index (κ3) is 4.40. The number of guanidine groups is 1. The number of sulfone groups is 1. The van der Waals surface area contributed by atoms with Crippen molar-refractivity contribution in [3.05, 3.63) is 52.6 Å². The van der Waals surface area contributed by atoms with Gasteiger partial charge in [-0.3, -0.25) is 4.79 Å². The van der Waals surface area contributed by atoms with Crippen LogP contribution in [0.2, 0.25) is 0 Å². The highest BCUT2D eigenvalue weighted by Crippen LogP contribution is 2.33. The first-order valence-corrected chi connectivity index (χ1v) is 9.62. The van der Waals surface area contributed by atoms with E-state index >= 15 is 0 Å². The molecule has 0 aliphatic heterocycles. The molecule has 0 radical (unpaired) electrons. The summed E-state index contributed by atoms with van der Waals surface area (Å²) in [5, 5.41) is 0. The minimum Gasteiger partial charge on any atom is -0.456 e. The average molecular weight is 375 g/mol. The summed E-state index contributed by atoms with van der Waals surface area (Å²) in [7, 11) is -3.66. The van der Waals surface area contributed by atoms with Gasteiger partial charge in [0.05, 0.1) is 0 Å². The predicted molar refractivity (Wildman–Crippen MR) is 100 cm³/mol. The lowest BCUT2D eigenvalue weighted by Crippen LogP contribution is -2.24. The van der Waals surface area contributed by atoms with Gasteiger partial charge in [0.25, 0.3) is 5.91 Å². The van der Waals surface area contributed by atoms with Gasteiger partial charge in [-0.25, -0.2) is 8.42 Å². The summed E-state index contributed by atoms with van der Waals surface area (Å²) in [4.78, 5) is 15.5. The van der Waals surface area contributed by atoms with E-state index in [1.807, 2.05) is 26.0 Å². The normalized spacial score (nSPS) is 11.1. The molecule has 4 N–H and O–H groups in total. The Morgan fingerprint density at radius 3 is 2.19 bits per heavy atom. The lowest BCUT2D eigenvalue weighted by atomic mass is 10.1. The van der Waals surface area contributed by atoms with Crippen LogP contribution in [0, 0.1) is 20.8 Å². The number of ether oxygens (including phenoxy) is 1. The second-order valence-corrected chi connectivity index (χ2v) is 8.08. The van der Waals surface area contributed by atoms with E-state index in [2.05, 4.69) is 4.99 Å². The Morgan fingerprint density at radius 1 is 1.00 bits per heavy atom. The van der Waals surface area contributed by atoms with Crippen LogP contribution in [0.5, 0.6) is 11.5 Å². The molecule has 0 saturated carbocycles. The van der Waals surface area contributed by atoms with Gasteiger partial charge >= 0.3 is 0 Å². The number of carbonyl (C=O) groups is 1. The summed E-state index contributed by atoms with van der Waals surface area (Å²) < 4.78 is 30.3. The quantitative estimate of drug-likeness (QED) is 0.623. The van der Waals surface area contributed by atoms with E-state index in [1.54, 1.807) is 13.0 Å². The van der Waals surface area contributed by atoms with Crippen molar-refractivity contribution in [3.63, 3.8) is 0 Å². The molecule has 2 aromatic rings. The van der Waals surface area contributed by atoms with Crippen LogP contribution in [-0.4, -0.2) is 26.5 Å². The van der Waals surface area contributed by atoms with Gasteiger partial charge in [-0.2, -0.15) is 4.99 Å². The first kappa shape index (κ1) is 19.5. The van der Waals surface area contributed by atoms with Gasteiger partial charge in [0.1, 0.15) is 16.4 Å². The molecule has 2 rings (SSSR count). The van der Waals surface area contributed by atoms with E-state index in [1.165, 1.54) is 12.1 Å². The zero-order valence-corrected chi connectivity index (χ0v) is 15.8. The summed E-state index contributed by atoms with van der Waals surface area (Å²) in [6.45, 7) is 5.47. The first-order chi connectivity index (χ1) is 12.0. The van der Waals surface area contributed by atoms with Crippen molar-refractivity contribution >= 4 is 21.7 Å². The van der Waals surface area contributed by atoms with Crippen molar-refractivity contribution in [1.82, 2.24) is 0 Å².